The van der Waals surface area contributed by atoms with Gasteiger partial charge in [-0.15, -0.1) is 0 Å². The van der Waals surface area contributed by atoms with E-state index in [1.807, 2.05) is 0 Å². The van der Waals surface area contributed by atoms with Crippen LogP contribution in [0.15, 0.2) is 0 Å². The molecule has 1 aliphatic carbocycles. The van der Waals surface area contributed by atoms with Crippen molar-refractivity contribution in [3.8, 4) is 0 Å². The molecule has 1 heterocycles. The van der Waals surface area contributed by atoms with Crippen LogP contribution in [-0.2, 0) is 0 Å². The molecule has 1 unspecified atom stereocenters. The Morgan fingerprint density at radius 3 is 2.32 bits per heavy atom. The van der Waals surface area contributed by atoms with Crippen LogP contribution in [0.25, 0.3) is 0 Å². The fourth-order valence-electron chi connectivity index (χ4n) is 3.89. The fraction of sp³-hybridized carbons (Fsp3) is 1.00. The average Bonchev–Trinajstić information content (AvgIpc) is 2.93. The van der Waals surface area contributed by atoms with Crippen LogP contribution in [-0.4, -0.2) is 37.1 Å². The molecule has 0 amide bonds. The molecule has 2 heteroatoms. The lowest BCUT2D eigenvalue weighted by Crippen LogP contribution is -2.44. The van der Waals surface area contributed by atoms with Crippen molar-refractivity contribution in [2.75, 3.05) is 26.2 Å². The average molecular weight is 266 g/mol. The Morgan fingerprint density at radius 2 is 1.68 bits per heavy atom. The van der Waals surface area contributed by atoms with Gasteiger partial charge in [0.25, 0.3) is 0 Å². The second kappa shape index (κ2) is 8.26. The maximum atomic E-state index is 3.75. The van der Waals surface area contributed by atoms with Gasteiger partial charge in [0.05, 0.1) is 0 Å². The second-order valence-electron chi connectivity index (χ2n) is 7.05. The molecule has 19 heavy (non-hydrogen) atoms. The number of hydrogen-bond donors (Lipinski definition) is 1. The predicted molar refractivity (Wildman–Crippen MR) is 83.5 cm³/mol. The minimum absolute atomic E-state index is 0.758. The first kappa shape index (κ1) is 15.3. The Balaban J connectivity index is 1.61. The minimum Gasteiger partial charge on any atom is -0.315 e. The lowest BCUT2D eigenvalue weighted by molar-refractivity contribution is 0.185. The summed E-state index contributed by atoms with van der Waals surface area (Å²) < 4.78 is 0. The molecule has 1 saturated heterocycles. The van der Waals surface area contributed by atoms with Gasteiger partial charge in [-0.3, -0.25) is 4.90 Å². The van der Waals surface area contributed by atoms with Crippen molar-refractivity contribution in [2.24, 2.45) is 11.8 Å². The maximum absolute atomic E-state index is 3.75. The normalized spacial score (nSPS) is 24.2. The monoisotopic (exact) mass is 266 g/mol. The van der Waals surface area contributed by atoms with Gasteiger partial charge < -0.3 is 5.32 Å². The Morgan fingerprint density at radius 1 is 1.00 bits per heavy atom. The molecule has 1 saturated carbocycles. The topological polar surface area (TPSA) is 15.3 Å². The van der Waals surface area contributed by atoms with Gasteiger partial charge in [0.15, 0.2) is 0 Å². The van der Waals surface area contributed by atoms with E-state index in [4.69, 9.17) is 0 Å². The van der Waals surface area contributed by atoms with E-state index in [0.717, 1.165) is 17.9 Å². The molecule has 1 N–H and O–H groups in total. The summed E-state index contributed by atoms with van der Waals surface area (Å²) in [6.45, 7) is 9.85. The molecule has 0 aromatic heterocycles. The molecule has 1 aliphatic heterocycles. The van der Waals surface area contributed by atoms with Crippen molar-refractivity contribution in [1.29, 1.82) is 0 Å². The quantitative estimate of drug-likeness (QED) is 0.707. The summed E-state index contributed by atoms with van der Waals surface area (Å²) in [5.41, 5.74) is 0. The number of nitrogens with zero attached hydrogens (tertiary/aromatic N) is 1. The van der Waals surface area contributed by atoms with Gasteiger partial charge in [-0.25, -0.2) is 0 Å². The Hall–Kier alpha value is -0.0800. The van der Waals surface area contributed by atoms with Gasteiger partial charge in [0, 0.05) is 12.6 Å². The smallest absolute Gasteiger partial charge is 0.0243 e. The van der Waals surface area contributed by atoms with Gasteiger partial charge in [-0.1, -0.05) is 46.0 Å². The Kier molecular flexibility index (Phi) is 6.66. The van der Waals surface area contributed by atoms with E-state index in [1.165, 1.54) is 77.5 Å². The van der Waals surface area contributed by atoms with Crippen LogP contribution in [0.5, 0.6) is 0 Å². The van der Waals surface area contributed by atoms with Gasteiger partial charge in [0.1, 0.15) is 0 Å². The van der Waals surface area contributed by atoms with Crippen LogP contribution in [0, 0.1) is 11.8 Å². The second-order valence-corrected chi connectivity index (χ2v) is 7.05. The van der Waals surface area contributed by atoms with E-state index < -0.39 is 0 Å². The molecule has 112 valence electrons. The lowest BCUT2D eigenvalue weighted by atomic mass is 9.87. The number of likely N-dealkylation sites (tertiary alicyclic amines) is 1. The fourth-order valence-corrected chi connectivity index (χ4v) is 3.89. The van der Waals surface area contributed by atoms with Crippen LogP contribution < -0.4 is 5.32 Å². The van der Waals surface area contributed by atoms with Crippen molar-refractivity contribution in [2.45, 2.75) is 71.3 Å². The molecule has 2 rings (SSSR count). The zero-order valence-electron chi connectivity index (χ0n) is 13.2. The SMILES string of the molecule is CC(C)C(CNCCC1CCCCC1)N1CCCC1. The molecule has 1 atom stereocenters. The van der Waals surface area contributed by atoms with Crippen molar-refractivity contribution in [1.82, 2.24) is 10.2 Å². The molecular weight excluding hydrogens is 232 g/mol. The molecule has 2 fully saturated rings. The van der Waals surface area contributed by atoms with E-state index in [0.29, 0.717) is 0 Å². The van der Waals surface area contributed by atoms with Crippen LogP contribution in [0.3, 0.4) is 0 Å². The van der Waals surface area contributed by atoms with Crippen molar-refractivity contribution >= 4 is 0 Å². The summed E-state index contributed by atoms with van der Waals surface area (Å²) in [7, 11) is 0. The summed E-state index contributed by atoms with van der Waals surface area (Å²) in [5.74, 6) is 1.80. The van der Waals surface area contributed by atoms with Gasteiger partial charge in [-0.2, -0.15) is 0 Å². The summed E-state index contributed by atoms with van der Waals surface area (Å²) in [5, 5.41) is 3.75. The van der Waals surface area contributed by atoms with Crippen molar-refractivity contribution in [3.05, 3.63) is 0 Å². The molecule has 0 bridgehead atoms. The largest absolute Gasteiger partial charge is 0.315 e. The minimum atomic E-state index is 0.758. The summed E-state index contributed by atoms with van der Waals surface area (Å²) in [6.07, 6.45) is 11.6. The molecule has 2 aliphatic rings. The first-order valence-electron chi connectivity index (χ1n) is 8.72. The first-order chi connectivity index (χ1) is 9.27. The Labute approximate surface area is 120 Å². The van der Waals surface area contributed by atoms with Crippen LogP contribution in [0.1, 0.15) is 65.2 Å². The molecule has 0 aromatic carbocycles. The maximum Gasteiger partial charge on any atom is 0.0243 e. The van der Waals surface area contributed by atoms with Crippen molar-refractivity contribution < 1.29 is 0 Å². The van der Waals surface area contributed by atoms with E-state index in [-0.39, 0.29) is 0 Å². The Bertz CT molecular complexity index is 227. The highest BCUT2D eigenvalue weighted by Crippen LogP contribution is 2.25. The molecule has 0 radical (unpaired) electrons. The van der Waals surface area contributed by atoms with E-state index in [2.05, 4.69) is 24.1 Å². The van der Waals surface area contributed by atoms with Gasteiger partial charge >= 0.3 is 0 Å². The highest BCUT2D eigenvalue weighted by atomic mass is 15.2. The van der Waals surface area contributed by atoms with Crippen LogP contribution in [0.2, 0.25) is 0 Å². The lowest BCUT2D eigenvalue weighted by Gasteiger charge is -2.31. The highest BCUT2D eigenvalue weighted by molar-refractivity contribution is 4.80. The van der Waals surface area contributed by atoms with Gasteiger partial charge in [-0.05, 0) is 50.7 Å². The van der Waals surface area contributed by atoms with Crippen LogP contribution in [0.4, 0.5) is 0 Å². The van der Waals surface area contributed by atoms with Gasteiger partial charge in [0.2, 0.25) is 0 Å². The summed E-state index contributed by atoms with van der Waals surface area (Å²) in [6, 6.07) is 0.758. The van der Waals surface area contributed by atoms with E-state index in [9.17, 15) is 0 Å². The van der Waals surface area contributed by atoms with E-state index in [1.54, 1.807) is 0 Å². The molecule has 0 aromatic rings. The first-order valence-corrected chi connectivity index (χ1v) is 8.72. The third-order valence-electron chi connectivity index (χ3n) is 5.19. The zero-order chi connectivity index (χ0) is 13.5. The third-order valence-corrected chi connectivity index (χ3v) is 5.19. The number of nitrogens with one attached hydrogen (secondary N) is 1. The third kappa shape index (κ3) is 5.07. The van der Waals surface area contributed by atoms with E-state index >= 15 is 0 Å². The number of hydrogen-bond acceptors (Lipinski definition) is 2. The zero-order valence-corrected chi connectivity index (χ0v) is 13.2. The highest BCUT2D eigenvalue weighted by Gasteiger charge is 2.24. The van der Waals surface area contributed by atoms with Crippen molar-refractivity contribution in [3.63, 3.8) is 0 Å². The standard InChI is InChI=1S/C17H34N2/c1-15(2)17(19-12-6-7-13-19)14-18-11-10-16-8-4-3-5-9-16/h15-18H,3-14H2,1-2H3. The van der Waals surface area contributed by atoms with Crippen LogP contribution >= 0.6 is 0 Å². The molecule has 0 spiro atoms. The molecule has 2 nitrogen and oxygen atoms in total. The summed E-state index contributed by atoms with van der Waals surface area (Å²) in [4.78, 5) is 2.71. The predicted octanol–water partition coefficient (Wildman–Crippen LogP) is 3.67. The number of rotatable bonds is 7. The molecular formula is C17H34N2. The summed E-state index contributed by atoms with van der Waals surface area (Å²) >= 11 is 0.